The molecule has 17 heavy (non-hydrogen) atoms. The van der Waals surface area contributed by atoms with E-state index in [0.29, 0.717) is 18.3 Å². The third-order valence-corrected chi connectivity index (χ3v) is 2.58. The van der Waals surface area contributed by atoms with Crippen LogP contribution in [-0.2, 0) is 13.6 Å². The average Bonchev–Trinajstić information content (AvgIpc) is 2.73. The van der Waals surface area contributed by atoms with Crippen molar-refractivity contribution in [3.8, 4) is 0 Å². The molecule has 90 valence electrons. The minimum Gasteiger partial charge on any atom is -0.378 e. The maximum atomic E-state index is 4.10. The van der Waals surface area contributed by atoms with Crippen molar-refractivity contribution in [3.05, 3.63) is 35.7 Å². The van der Waals surface area contributed by atoms with Crippen LogP contribution < -0.4 is 5.32 Å². The molecule has 0 spiro atoms. The second kappa shape index (κ2) is 4.95. The molecule has 0 amide bonds. The lowest BCUT2D eigenvalue weighted by Gasteiger charge is -2.07. The van der Waals surface area contributed by atoms with Gasteiger partial charge in [0.05, 0.1) is 13.6 Å². The van der Waals surface area contributed by atoms with Gasteiger partial charge in [-0.1, -0.05) is 26.0 Å². The first-order valence-electron chi connectivity index (χ1n) is 5.72. The summed E-state index contributed by atoms with van der Waals surface area (Å²) in [6.45, 7) is 4.96. The van der Waals surface area contributed by atoms with Gasteiger partial charge in [-0.25, -0.2) is 0 Å². The van der Waals surface area contributed by atoms with Gasteiger partial charge in [0.1, 0.15) is 0 Å². The minimum absolute atomic E-state index is 0.561. The number of nitrogens with one attached hydrogen (secondary N) is 1. The van der Waals surface area contributed by atoms with E-state index in [-0.39, 0.29) is 0 Å². The molecule has 0 aliphatic carbocycles. The van der Waals surface area contributed by atoms with Crippen LogP contribution in [-0.4, -0.2) is 20.2 Å². The molecular weight excluding hydrogens is 214 g/mol. The summed E-state index contributed by atoms with van der Waals surface area (Å²) < 4.78 is 0. The van der Waals surface area contributed by atoms with E-state index >= 15 is 0 Å². The molecule has 2 aromatic rings. The fourth-order valence-corrected chi connectivity index (χ4v) is 1.56. The van der Waals surface area contributed by atoms with Gasteiger partial charge in [-0.05, 0) is 28.8 Å². The van der Waals surface area contributed by atoms with Crippen molar-refractivity contribution in [3.63, 3.8) is 0 Å². The molecule has 2 rings (SSSR count). The number of hydrogen-bond acceptors (Lipinski definition) is 4. The Hall–Kier alpha value is -1.91. The van der Waals surface area contributed by atoms with E-state index in [0.717, 1.165) is 5.69 Å². The normalized spacial score (nSPS) is 10.8. The predicted molar refractivity (Wildman–Crippen MR) is 66.7 cm³/mol. The highest BCUT2D eigenvalue weighted by molar-refractivity contribution is 5.45. The van der Waals surface area contributed by atoms with Crippen LogP contribution in [0.15, 0.2) is 24.3 Å². The van der Waals surface area contributed by atoms with E-state index in [1.54, 1.807) is 7.05 Å². The molecular formula is C12H17N5. The number of aryl methyl sites for hydroxylation is 1. The fourth-order valence-electron chi connectivity index (χ4n) is 1.56. The van der Waals surface area contributed by atoms with E-state index in [4.69, 9.17) is 0 Å². The molecule has 1 aromatic carbocycles. The zero-order valence-corrected chi connectivity index (χ0v) is 10.4. The number of anilines is 1. The third-order valence-electron chi connectivity index (χ3n) is 2.58. The molecule has 0 aliphatic rings. The zero-order valence-electron chi connectivity index (χ0n) is 10.4. The molecule has 0 radical (unpaired) electrons. The lowest BCUT2D eigenvalue weighted by molar-refractivity contribution is 0.628. The van der Waals surface area contributed by atoms with Crippen LogP contribution in [0.25, 0.3) is 0 Å². The first-order valence-corrected chi connectivity index (χ1v) is 5.72. The second-order valence-corrected chi connectivity index (χ2v) is 4.33. The van der Waals surface area contributed by atoms with Crippen molar-refractivity contribution in [2.45, 2.75) is 26.3 Å². The SMILES string of the molecule is CC(C)c1ccc(NCc2nnn(C)n2)cc1. The van der Waals surface area contributed by atoms with Crippen LogP contribution in [0, 0.1) is 0 Å². The molecule has 5 heteroatoms. The Morgan fingerprint density at radius 1 is 1.24 bits per heavy atom. The molecule has 0 saturated heterocycles. The lowest BCUT2D eigenvalue weighted by Crippen LogP contribution is -2.02. The number of nitrogens with zero attached hydrogens (tertiary/aromatic N) is 4. The van der Waals surface area contributed by atoms with Gasteiger partial charge in [-0.15, -0.1) is 10.2 Å². The van der Waals surface area contributed by atoms with Crippen LogP contribution in [0.1, 0.15) is 31.2 Å². The summed E-state index contributed by atoms with van der Waals surface area (Å²) >= 11 is 0. The Kier molecular flexibility index (Phi) is 3.37. The van der Waals surface area contributed by atoms with E-state index in [1.807, 2.05) is 0 Å². The summed E-state index contributed by atoms with van der Waals surface area (Å²) in [4.78, 5) is 1.46. The van der Waals surface area contributed by atoms with Crippen molar-refractivity contribution in [1.82, 2.24) is 20.2 Å². The van der Waals surface area contributed by atoms with Gasteiger partial charge in [0, 0.05) is 5.69 Å². The summed E-state index contributed by atoms with van der Waals surface area (Å²) in [6, 6.07) is 8.42. The van der Waals surface area contributed by atoms with Gasteiger partial charge >= 0.3 is 0 Å². The van der Waals surface area contributed by atoms with E-state index in [9.17, 15) is 0 Å². The first-order chi connectivity index (χ1) is 8.15. The van der Waals surface area contributed by atoms with Crippen LogP contribution in [0.2, 0.25) is 0 Å². The molecule has 0 bridgehead atoms. The van der Waals surface area contributed by atoms with Crippen molar-refractivity contribution in [1.29, 1.82) is 0 Å². The molecule has 0 atom stereocenters. The summed E-state index contributed by atoms with van der Waals surface area (Å²) in [5, 5.41) is 15.1. The van der Waals surface area contributed by atoms with Crippen LogP contribution in [0.4, 0.5) is 5.69 Å². The highest BCUT2D eigenvalue weighted by atomic mass is 15.6. The first kappa shape index (κ1) is 11.6. The standard InChI is InChI=1S/C12H17N5/c1-9(2)10-4-6-11(7-5-10)13-8-12-14-16-17(3)15-12/h4-7,9,13H,8H2,1-3H3. The summed E-state index contributed by atoms with van der Waals surface area (Å²) in [6.07, 6.45) is 0. The number of benzene rings is 1. The largest absolute Gasteiger partial charge is 0.378 e. The number of rotatable bonds is 4. The summed E-state index contributed by atoms with van der Waals surface area (Å²) in [5.74, 6) is 1.26. The van der Waals surface area contributed by atoms with Crippen molar-refractivity contribution in [2.24, 2.45) is 7.05 Å². The van der Waals surface area contributed by atoms with E-state index < -0.39 is 0 Å². The maximum absolute atomic E-state index is 4.10. The summed E-state index contributed by atoms with van der Waals surface area (Å²) in [5.41, 5.74) is 2.41. The number of aromatic nitrogens is 4. The van der Waals surface area contributed by atoms with Gasteiger partial charge in [0.25, 0.3) is 0 Å². The van der Waals surface area contributed by atoms with Crippen LogP contribution >= 0.6 is 0 Å². The molecule has 0 unspecified atom stereocenters. The topological polar surface area (TPSA) is 55.6 Å². The average molecular weight is 231 g/mol. The molecule has 1 aromatic heterocycles. The highest BCUT2D eigenvalue weighted by Gasteiger charge is 2.01. The van der Waals surface area contributed by atoms with Gasteiger partial charge < -0.3 is 5.32 Å². The Bertz CT molecular complexity index is 472. The molecule has 0 saturated carbocycles. The second-order valence-electron chi connectivity index (χ2n) is 4.33. The minimum atomic E-state index is 0.561. The Balaban J connectivity index is 1.95. The van der Waals surface area contributed by atoms with E-state index in [2.05, 4.69) is 58.8 Å². The molecule has 0 fully saturated rings. The Morgan fingerprint density at radius 2 is 1.94 bits per heavy atom. The molecule has 1 heterocycles. The van der Waals surface area contributed by atoms with Gasteiger partial charge in [-0.3, -0.25) is 0 Å². The van der Waals surface area contributed by atoms with Crippen LogP contribution in [0.5, 0.6) is 0 Å². The number of tetrazole rings is 1. The Labute approximate surface area is 101 Å². The maximum Gasteiger partial charge on any atom is 0.193 e. The summed E-state index contributed by atoms with van der Waals surface area (Å²) in [7, 11) is 1.76. The molecule has 1 N–H and O–H groups in total. The zero-order chi connectivity index (χ0) is 12.3. The van der Waals surface area contributed by atoms with E-state index in [1.165, 1.54) is 10.4 Å². The molecule has 0 aliphatic heterocycles. The monoisotopic (exact) mass is 231 g/mol. The smallest absolute Gasteiger partial charge is 0.193 e. The molecule has 5 nitrogen and oxygen atoms in total. The highest BCUT2D eigenvalue weighted by Crippen LogP contribution is 2.17. The van der Waals surface area contributed by atoms with Crippen molar-refractivity contribution >= 4 is 5.69 Å². The van der Waals surface area contributed by atoms with Crippen molar-refractivity contribution < 1.29 is 0 Å². The van der Waals surface area contributed by atoms with Crippen molar-refractivity contribution in [2.75, 3.05) is 5.32 Å². The van der Waals surface area contributed by atoms with Gasteiger partial charge in [0.2, 0.25) is 0 Å². The third kappa shape index (κ3) is 3.03. The quantitative estimate of drug-likeness (QED) is 0.873. The lowest BCUT2D eigenvalue weighted by atomic mass is 10.0. The predicted octanol–water partition coefficient (Wildman–Crippen LogP) is 1.95. The van der Waals surface area contributed by atoms with Gasteiger partial charge in [0.15, 0.2) is 5.82 Å². The van der Waals surface area contributed by atoms with Crippen LogP contribution in [0.3, 0.4) is 0 Å². The number of hydrogen-bond donors (Lipinski definition) is 1. The Morgan fingerprint density at radius 3 is 2.47 bits per heavy atom. The fraction of sp³-hybridized carbons (Fsp3) is 0.417. The van der Waals surface area contributed by atoms with Gasteiger partial charge in [-0.2, -0.15) is 4.80 Å².